The van der Waals surface area contributed by atoms with Gasteiger partial charge in [-0.2, -0.15) is 0 Å². The number of carbonyl (C=O) groups excluding carboxylic acids is 1. The molecule has 112 valence electrons. The number of piperidine rings is 1. The lowest BCUT2D eigenvalue weighted by Gasteiger charge is -2.31. The maximum Gasteiger partial charge on any atom is 0.307 e. The van der Waals surface area contributed by atoms with E-state index >= 15 is 0 Å². The van der Waals surface area contributed by atoms with Crippen molar-refractivity contribution in [3.8, 4) is 0 Å². The van der Waals surface area contributed by atoms with E-state index in [4.69, 9.17) is 5.11 Å². The number of fused-ring (bicyclic) bond motifs is 1. The normalized spacial score (nSPS) is 22.1. The van der Waals surface area contributed by atoms with Gasteiger partial charge in [0, 0.05) is 18.8 Å². The molecular formula is C16H20N2O3. The van der Waals surface area contributed by atoms with E-state index in [9.17, 15) is 9.59 Å². The first kappa shape index (κ1) is 14.1. The van der Waals surface area contributed by atoms with Gasteiger partial charge in [-0.15, -0.1) is 0 Å². The molecule has 1 aromatic carbocycles. The van der Waals surface area contributed by atoms with E-state index in [1.807, 2.05) is 28.0 Å². The van der Waals surface area contributed by atoms with Crippen molar-refractivity contribution in [2.75, 3.05) is 31.1 Å². The Hall–Kier alpha value is -1.88. The second-order valence-electron chi connectivity index (χ2n) is 5.84. The molecule has 1 aromatic rings. The maximum atomic E-state index is 12.5. The summed E-state index contributed by atoms with van der Waals surface area (Å²) in [5.74, 6) is -1.01. The highest BCUT2D eigenvalue weighted by molar-refractivity contribution is 5.96. The van der Waals surface area contributed by atoms with Crippen LogP contribution in [0.15, 0.2) is 24.3 Å². The number of nitrogens with zero attached hydrogens (tertiary/aromatic N) is 2. The van der Waals surface area contributed by atoms with E-state index in [1.54, 1.807) is 0 Å². The molecule has 1 fully saturated rings. The number of anilines is 1. The number of likely N-dealkylation sites (tertiary alicyclic amines) is 1. The molecule has 0 spiro atoms. The van der Waals surface area contributed by atoms with Crippen molar-refractivity contribution in [1.29, 1.82) is 0 Å². The Morgan fingerprint density at radius 3 is 2.86 bits per heavy atom. The van der Waals surface area contributed by atoms with Crippen LogP contribution >= 0.6 is 0 Å². The molecule has 0 aromatic heterocycles. The van der Waals surface area contributed by atoms with Crippen LogP contribution in [-0.4, -0.2) is 48.1 Å². The fraction of sp³-hybridized carbons (Fsp3) is 0.500. The molecule has 0 bridgehead atoms. The molecule has 0 radical (unpaired) electrons. The number of aliphatic carboxylic acids is 1. The second-order valence-corrected chi connectivity index (χ2v) is 5.84. The van der Waals surface area contributed by atoms with Crippen LogP contribution in [-0.2, 0) is 16.0 Å². The quantitative estimate of drug-likeness (QED) is 0.912. The first-order valence-electron chi connectivity index (χ1n) is 7.48. The van der Waals surface area contributed by atoms with Gasteiger partial charge in [0.15, 0.2) is 0 Å². The van der Waals surface area contributed by atoms with Crippen LogP contribution in [0.1, 0.15) is 18.4 Å². The smallest absolute Gasteiger partial charge is 0.307 e. The highest BCUT2D eigenvalue weighted by atomic mass is 16.4. The summed E-state index contributed by atoms with van der Waals surface area (Å²) in [6.07, 6.45) is 2.47. The molecule has 0 saturated carbocycles. The molecule has 5 heteroatoms. The summed E-state index contributed by atoms with van der Waals surface area (Å²) in [5, 5.41) is 9.11. The number of benzene rings is 1. The first-order chi connectivity index (χ1) is 10.1. The number of rotatable bonds is 3. The van der Waals surface area contributed by atoms with E-state index in [-0.39, 0.29) is 11.8 Å². The first-order valence-corrected chi connectivity index (χ1v) is 7.48. The summed E-state index contributed by atoms with van der Waals surface area (Å²) < 4.78 is 0. The number of hydrogen-bond donors (Lipinski definition) is 1. The van der Waals surface area contributed by atoms with Crippen molar-refractivity contribution in [3.05, 3.63) is 29.8 Å². The minimum atomic E-state index is -0.751. The van der Waals surface area contributed by atoms with Gasteiger partial charge in [-0.3, -0.25) is 14.5 Å². The van der Waals surface area contributed by atoms with Gasteiger partial charge >= 0.3 is 5.97 Å². The van der Waals surface area contributed by atoms with E-state index in [2.05, 4.69) is 6.07 Å². The van der Waals surface area contributed by atoms with Gasteiger partial charge in [0.2, 0.25) is 5.91 Å². The monoisotopic (exact) mass is 288 g/mol. The fourth-order valence-corrected chi connectivity index (χ4v) is 3.27. The van der Waals surface area contributed by atoms with E-state index in [1.165, 1.54) is 5.56 Å². The van der Waals surface area contributed by atoms with Gasteiger partial charge < -0.3 is 10.0 Å². The van der Waals surface area contributed by atoms with Gasteiger partial charge in [0.25, 0.3) is 0 Å². The van der Waals surface area contributed by atoms with Crippen LogP contribution in [0.25, 0.3) is 0 Å². The molecule has 1 atom stereocenters. The summed E-state index contributed by atoms with van der Waals surface area (Å²) >= 11 is 0. The molecule has 2 heterocycles. The summed E-state index contributed by atoms with van der Waals surface area (Å²) in [4.78, 5) is 27.4. The third-order valence-electron chi connectivity index (χ3n) is 4.40. The maximum absolute atomic E-state index is 12.5. The molecule has 21 heavy (non-hydrogen) atoms. The van der Waals surface area contributed by atoms with Crippen molar-refractivity contribution < 1.29 is 14.7 Å². The third-order valence-corrected chi connectivity index (χ3v) is 4.40. The Labute approximate surface area is 124 Å². The van der Waals surface area contributed by atoms with Crippen molar-refractivity contribution in [1.82, 2.24) is 4.90 Å². The number of carbonyl (C=O) groups is 2. The molecule has 5 nitrogen and oxygen atoms in total. The molecule has 1 amide bonds. The van der Waals surface area contributed by atoms with Crippen LogP contribution in [0.4, 0.5) is 5.69 Å². The van der Waals surface area contributed by atoms with E-state index in [0.717, 1.165) is 31.6 Å². The molecular weight excluding hydrogens is 268 g/mol. The molecule has 3 rings (SSSR count). The minimum absolute atomic E-state index is 0.0750. The Balaban J connectivity index is 1.63. The Bertz CT molecular complexity index is 558. The minimum Gasteiger partial charge on any atom is -0.481 e. The van der Waals surface area contributed by atoms with Crippen molar-refractivity contribution in [3.63, 3.8) is 0 Å². The number of para-hydroxylation sites is 1. The highest BCUT2D eigenvalue weighted by Gasteiger charge is 2.29. The van der Waals surface area contributed by atoms with Crippen LogP contribution in [0.5, 0.6) is 0 Å². The summed E-state index contributed by atoms with van der Waals surface area (Å²) in [7, 11) is 0. The van der Waals surface area contributed by atoms with Gasteiger partial charge in [-0.05, 0) is 37.4 Å². The zero-order valence-electron chi connectivity index (χ0n) is 12.0. The van der Waals surface area contributed by atoms with Crippen LogP contribution < -0.4 is 4.90 Å². The fourth-order valence-electron chi connectivity index (χ4n) is 3.27. The summed E-state index contributed by atoms with van der Waals surface area (Å²) in [5.41, 5.74) is 2.22. The molecule has 2 aliphatic heterocycles. The van der Waals surface area contributed by atoms with Crippen molar-refractivity contribution in [2.24, 2.45) is 5.92 Å². The van der Waals surface area contributed by atoms with E-state index < -0.39 is 5.97 Å². The SMILES string of the molecule is O=C(O)C1CCCN(CC(=O)N2CCc3ccccc32)C1. The molecule has 1 saturated heterocycles. The lowest BCUT2D eigenvalue weighted by atomic mass is 9.98. The molecule has 2 aliphatic rings. The Kier molecular flexibility index (Phi) is 3.92. The number of amides is 1. The van der Waals surface area contributed by atoms with E-state index in [0.29, 0.717) is 19.5 Å². The van der Waals surface area contributed by atoms with Gasteiger partial charge in [0.1, 0.15) is 0 Å². The summed E-state index contributed by atoms with van der Waals surface area (Å²) in [6.45, 7) is 2.34. The predicted molar refractivity (Wildman–Crippen MR) is 79.3 cm³/mol. The zero-order valence-corrected chi connectivity index (χ0v) is 12.0. The number of carboxylic acids is 1. The lowest BCUT2D eigenvalue weighted by Crippen LogP contribution is -2.45. The standard InChI is InChI=1S/C16H20N2O3/c19-15(11-17-8-3-5-13(10-17)16(20)21)18-9-7-12-4-1-2-6-14(12)18/h1-2,4,6,13H,3,5,7-11H2,(H,20,21). The lowest BCUT2D eigenvalue weighted by molar-refractivity contribution is -0.144. The Morgan fingerprint density at radius 2 is 2.05 bits per heavy atom. The molecule has 0 aliphatic carbocycles. The van der Waals surface area contributed by atoms with Gasteiger partial charge in [0.05, 0.1) is 12.5 Å². The van der Waals surface area contributed by atoms with Crippen LogP contribution in [0, 0.1) is 5.92 Å². The van der Waals surface area contributed by atoms with Crippen LogP contribution in [0.3, 0.4) is 0 Å². The summed E-state index contributed by atoms with van der Waals surface area (Å²) in [6, 6.07) is 7.99. The number of hydrogen-bond acceptors (Lipinski definition) is 3. The second kappa shape index (κ2) is 5.85. The molecule has 1 unspecified atom stereocenters. The van der Waals surface area contributed by atoms with Gasteiger partial charge in [-0.25, -0.2) is 0 Å². The largest absolute Gasteiger partial charge is 0.481 e. The third kappa shape index (κ3) is 2.93. The Morgan fingerprint density at radius 1 is 1.24 bits per heavy atom. The van der Waals surface area contributed by atoms with Crippen molar-refractivity contribution >= 4 is 17.6 Å². The predicted octanol–water partition coefficient (Wildman–Crippen LogP) is 1.37. The highest BCUT2D eigenvalue weighted by Crippen LogP contribution is 2.27. The van der Waals surface area contributed by atoms with Crippen LogP contribution in [0.2, 0.25) is 0 Å². The number of carboxylic acid groups (broad SMARTS) is 1. The average molecular weight is 288 g/mol. The topological polar surface area (TPSA) is 60.9 Å². The zero-order chi connectivity index (χ0) is 14.8. The van der Waals surface area contributed by atoms with Gasteiger partial charge in [-0.1, -0.05) is 18.2 Å². The average Bonchev–Trinajstić information content (AvgIpc) is 2.91. The van der Waals surface area contributed by atoms with Crippen molar-refractivity contribution in [2.45, 2.75) is 19.3 Å². The molecule has 1 N–H and O–H groups in total.